The minimum Gasteiger partial charge on any atom is -0.368 e. The van der Waals surface area contributed by atoms with Gasteiger partial charge in [-0.05, 0) is 41.5 Å². The summed E-state index contributed by atoms with van der Waals surface area (Å²) < 4.78 is 56.9. The number of carbonyl (C=O) groups excluding carboxylic acids is 3. The third kappa shape index (κ3) is 6.94. The molecule has 7 nitrogen and oxygen atoms in total. The lowest BCUT2D eigenvalue weighted by Gasteiger charge is -2.35. The predicted octanol–water partition coefficient (Wildman–Crippen LogP) is 4.53. The second-order valence-electron chi connectivity index (χ2n) is 10.5. The fourth-order valence-electron chi connectivity index (χ4n) is 5.14. The number of halogens is 4. The molecule has 226 valence electrons. The van der Waals surface area contributed by atoms with Gasteiger partial charge < -0.3 is 14.4 Å². The number of hydrogen-bond donors (Lipinski definition) is 0. The van der Waals surface area contributed by atoms with Crippen molar-refractivity contribution in [3.05, 3.63) is 135 Å². The molecule has 44 heavy (non-hydrogen) atoms. The highest BCUT2D eigenvalue weighted by Gasteiger charge is 2.29. The summed E-state index contributed by atoms with van der Waals surface area (Å²) in [5.74, 6) is -6.69. The van der Waals surface area contributed by atoms with Crippen molar-refractivity contribution in [2.75, 3.05) is 31.1 Å². The Kier molecular flexibility index (Phi) is 9.03. The molecular weight excluding hydrogens is 578 g/mol. The summed E-state index contributed by atoms with van der Waals surface area (Å²) in [7, 11) is 0. The molecule has 1 saturated heterocycles. The number of ketones is 2. The second-order valence-corrected chi connectivity index (χ2v) is 10.5. The van der Waals surface area contributed by atoms with Gasteiger partial charge in [0.2, 0.25) is 5.78 Å². The highest BCUT2D eigenvalue weighted by molar-refractivity contribution is 6.40. The number of carbonyl (C=O) groups is 3. The van der Waals surface area contributed by atoms with Crippen molar-refractivity contribution in [2.45, 2.75) is 19.4 Å². The molecule has 0 atom stereocenters. The topological polar surface area (TPSA) is 79.7 Å². The van der Waals surface area contributed by atoms with E-state index in [1.807, 2.05) is 30.3 Å². The molecule has 1 fully saturated rings. The molecule has 5 rings (SSSR count). The largest absolute Gasteiger partial charge is 0.368 e. The van der Waals surface area contributed by atoms with E-state index in [0.29, 0.717) is 30.8 Å². The number of anilines is 1. The Morgan fingerprint density at radius 2 is 1.36 bits per heavy atom. The van der Waals surface area contributed by atoms with Crippen LogP contribution in [-0.2, 0) is 22.6 Å². The van der Waals surface area contributed by atoms with Crippen LogP contribution in [0.1, 0.15) is 33.5 Å². The van der Waals surface area contributed by atoms with Gasteiger partial charge in [-0.1, -0.05) is 30.3 Å². The molecule has 1 aromatic heterocycles. The minimum absolute atomic E-state index is 0.121. The normalized spacial score (nSPS) is 13.2. The lowest BCUT2D eigenvalue weighted by molar-refractivity contribution is -0.144. The van der Waals surface area contributed by atoms with E-state index in [0.717, 1.165) is 16.3 Å². The molecule has 2 heterocycles. The molecule has 0 saturated carbocycles. The Morgan fingerprint density at radius 1 is 0.727 bits per heavy atom. The molecule has 1 aliphatic rings. The highest BCUT2D eigenvalue weighted by Crippen LogP contribution is 2.20. The summed E-state index contributed by atoms with van der Waals surface area (Å²) in [6.07, 6.45) is -0.0450. The van der Waals surface area contributed by atoms with Crippen LogP contribution in [0.5, 0.6) is 0 Å². The van der Waals surface area contributed by atoms with Gasteiger partial charge in [0.1, 0.15) is 23.3 Å². The predicted molar refractivity (Wildman–Crippen MR) is 155 cm³/mol. The molecule has 11 heteroatoms. The first-order valence-electron chi connectivity index (χ1n) is 13.9. The van der Waals surface area contributed by atoms with Crippen molar-refractivity contribution < 1.29 is 31.9 Å². The molecule has 0 N–H and O–H groups in total. The van der Waals surface area contributed by atoms with Crippen molar-refractivity contribution in [1.82, 2.24) is 9.47 Å². The van der Waals surface area contributed by atoms with Crippen LogP contribution in [0.2, 0.25) is 0 Å². The quantitative estimate of drug-likeness (QED) is 0.121. The van der Waals surface area contributed by atoms with Crippen molar-refractivity contribution >= 4 is 23.2 Å². The summed E-state index contributed by atoms with van der Waals surface area (Å²) in [6.45, 7) is 1.39. The van der Waals surface area contributed by atoms with Gasteiger partial charge in [0, 0.05) is 62.2 Å². The number of nitrogens with zero attached hydrogens (tertiary/aromatic N) is 3. The van der Waals surface area contributed by atoms with Gasteiger partial charge in [0.25, 0.3) is 11.5 Å². The maximum Gasteiger partial charge on any atom is 0.290 e. The zero-order chi connectivity index (χ0) is 31.4. The first-order chi connectivity index (χ1) is 21.1. The standard InChI is InChI=1S/C33H27F4N3O4/c34-23-8-6-21(7-9-23)19-40-20-22(14-26-28(36)16-24(35)17-29(26)37)15-27(32(40)43)30(41)18-31(42)33(44)39-12-10-38(11-13-39)25-4-2-1-3-5-25/h1-9,15-17,20H,10-14,18-19H2. The fraction of sp³-hybridized carbons (Fsp3) is 0.212. The van der Waals surface area contributed by atoms with E-state index in [9.17, 15) is 36.7 Å². The van der Waals surface area contributed by atoms with Crippen molar-refractivity contribution in [3.63, 3.8) is 0 Å². The Morgan fingerprint density at radius 3 is 2.00 bits per heavy atom. The Hall–Kier alpha value is -5.06. The SMILES string of the molecule is O=C(CC(=O)c1cc(Cc2c(F)cc(F)cc2F)cn(Cc2ccc(F)cc2)c1=O)C(=O)N1CCN(c2ccccc2)CC1. The zero-order valence-corrected chi connectivity index (χ0v) is 23.4. The highest BCUT2D eigenvalue weighted by atomic mass is 19.1. The van der Waals surface area contributed by atoms with Gasteiger partial charge in [-0.25, -0.2) is 17.6 Å². The molecule has 0 aliphatic carbocycles. The minimum atomic E-state index is -1.15. The van der Waals surface area contributed by atoms with Crippen LogP contribution in [-0.4, -0.2) is 53.1 Å². The third-order valence-electron chi connectivity index (χ3n) is 7.44. The molecule has 0 spiro atoms. The van der Waals surface area contributed by atoms with E-state index in [1.54, 1.807) is 0 Å². The fourth-order valence-corrected chi connectivity index (χ4v) is 5.14. The molecular formula is C33H27F4N3O4. The number of benzene rings is 3. The van der Waals surface area contributed by atoms with Gasteiger partial charge >= 0.3 is 0 Å². The molecule has 0 radical (unpaired) electrons. The van der Waals surface area contributed by atoms with Crippen LogP contribution >= 0.6 is 0 Å². The first kappa shape index (κ1) is 30.4. The Bertz CT molecular complexity index is 1740. The van der Waals surface area contributed by atoms with E-state index in [-0.39, 0.29) is 25.2 Å². The molecule has 4 aromatic rings. The molecule has 1 aliphatic heterocycles. The monoisotopic (exact) mass is 605 g/mol. The third-order valence-corrected chi connectivity index (χ3v) is 7.44. The van der Waals surface area contributed by atoms with E-state index >= 15 is 0 Å². The van der Waals surface area contributed by atoms with Crippen molar-refractivity contribution in [3.8, 4) is 0 Å². The van der Waals surface area contributed by atoms with Crippen molar-refractivity contribution in [2.24, 2.45) is 0 Å². The summed E-state index contributed by atoms with van der Waals surface area (Å²) >= 11 is 0. The van der Waals surface area contributed by atoms with Crippen LogP contribution in [0, 0.1) is 23.3 Å². The smallest absolute Gasteiger partial charge is 0.290 e. The number of hydrogen-bond acceptors (Lipinski definition) is 5. The lowest BCUT2D eigenvalue weighted by Crippen LogP contribution is -2.50. The van der Waals surface area contributed by atoms with E-state index in [1.165, 1.54) is 35.4 Å². The van der Waals surface area contributed by atoms with E-state index in [4.69, 9.17) is 0 Å². The summed E-state index contributed by atoms with van der Waals surface area (Å²) in [4.78, 5) is 55.9. The maximum absolute atomic E-state index is 14.4. The summed E-state index contributed by atoms with van der Waals surface area (Å²) in [5.41, 5.74) is -0.155. The number of rotatable bonds is 9. The van der Waals surface area contributed by atoms with Crippen molar-refractivity contribution in [1.29, 1.82) is 0 Å². The lowest BCUT2D eigenvalue weighted by atomic mass is 10.00. The number of piperazine rings is 1. The van der Waals surface area contributed by atoms with Crippen LogP contribution < -0.4 is 10.5 Å². The number of pyridine rings is 1. The molecule has 0 unspecified atom stereocenters. The van der Waals surface area contributed by atoms with Crippen LogP contribution in [0.3, 0.4) is 0 Å². The number of aromatic nitrogens is 1. The van der Waals surface area contributed by atoms with Gasteiger partial charge in [0.15, 0.2) is 5.78 Å². The Balaban J connectivity index is 1.36. The first-order valence-corrected chi connectivity index (χ1v) is 13.9. The average molecular weight is 606 g/mol. The number of amides is 1. The molecule has 3 aromatic carbocycles. The zero-order valence-electron chi connectivity index (χ0n) is 23.4. The summed E-state index contributed by atoms with van der Waals surface area (Å²) in [6, 6.07) is 16.9. The van der Waals surface area contributed by atoms with Gasteiger partial charge in [-0.3, -0.25) is 19.2 Å². The van der Waals surface area contributed by atoms with E-state index in [2.05, 4.69) is 4.90 Å². The van der Waals surface area contributed by atoms with Gasteiger partial charge in [0.05, 0.1) is 18.5 Å². The number of para-hydroxylation sites is 1. The van der Waals surface area contributed by atoms with Gasteiger partial charge in [-0.15, -0.1) is 0 Å². The Labute approximate surface area is 250 Å². The van der Waals surface area contributed by atoms with Crippen LogP contribution in [0.25, 0.3) is 0 Å². The average Bonchev–Trinajstić information content (AvgIpc) is 3.01. The molecule has 1 amide bonds. The second kappa shape index (κ2) is 13.1. The van der Waals surface area contributed by atoms with Crippen LogP contribution in [0.15, 0.2) is 83.8 Å². The van der Waals surface area contributed by atoms with E-state index < -0.39 is 70.3 Å². The summed E-state index contributed by atoms with van der Waals surface area (Å²) in [5, 5.41) is 0. The number of Topliss-reactive ketones (excluding diaryl/α,β-unsaturated/α-hetero) is 2. The van der Waals surface area contributed by atoms with Crippen LogP contribution in [0.4, 0.5) is 23.2 Å². The molecule has 0 bridgehead atoms. The van der Waals surface area contributed by atoms with Gasteiger partial charge in [-0.2, -0.15) is 0 Å². The maximum atomic E-state index is 14.4.